The molecule has 0 unspecified atom stereocenters. The van der Waals surface area contributed by atoms with Gasteiger partial charge in [-0.3, -0.25) is 4.98 Å². The van der Waals surface area contributed by atoms with Crippen LogP contribution >= 0.6 is 0 Å². The fraction of sp³-hybridized carbons (Fsp3) is 0.152. The standard InChI is InChI=1S/C33H30N4/c1-3-27-21-30(29-17-16-24-14-8-18-34-31(24)32(29)37-27)26-13-7-12-25(20-26)22(2)36-33-28(15-9-19-35-33)23-10-5-4-6-11-23/h4-7,9-13,15-17,19-21,34H,2-3,8,14,18H2,1H3,(H,35,36). The van der Waals surface area contributed by atoms with Crippen LogP contribution in [0.3, 0.4) is 0 Å². The summed E-state index contributed by atoms with van der Waals surface area (Å²) in [6, 6.07) is 29.7. The highest BCUT2D eigenvalue weighted by Crippen LogP contribution is 2.37. The molecule has 4 heteroatoms. The average Bonchev–Trinajstić information content (AvgIpc) is 2.97. The van der Waals surface area contributed by atoms with Crippen molar-refractivity contribution in [3.63, 3.8) is 0 Å². The molecule has 182 valence electrons. The first-order valence-electron chi connectivity index (χ1n) is 13.0. The van der Waals surface area contributed by atoms with Crippen molar-refractivity contribution in [1.29, 1.82) is 0 Å². The van der Waals surface area contributed by atoms with Crippen LogP contribution in [0.2, 0.25) is 0 Å². The van der Waals surface area contributed by atoms with E-state index >= 15 is 0 Å². The summed E-state index contributed by atoms with van der Waals surface area (Å²) >= 11 is 0. The van der Waals surface area contributed by atoms with Gasteiger partial charge in [0, 0.05) is 35.1 Å². The molecule has 0 atom stereocenters. The molecule has 6 rings (SSSR count). The molecule has 0 fully saturated rings. The van der Waals surface area contributed by atoms with E-state index in [1.807, 2.05) is 30.5 Å². The molecule has 4 nitrogen and oxygen atoms in total. The molecule has 0 aliphatic carbocycles. The highest BCUT2D eigenvalue weighted by atomic mass is 15.0. The minimum Gasteiger partial charge on any atom is -0.383 e. The van der Waals surface area contributed by atoms with Crippen molar-refractivity contribution >= 4 is 28.1 Å². The highest BCUT2D eigenvalue weighted by Gasteiger charge is 2.17. The van der Waals surface area contributed by atoms with E-state index in [4.69, 9.17) is 4.98 Å². The lowest BCUT2D eigenvalue weighted by atomic mass is 9.94. The first-order chi connectivity index (χ1) is 18.2. The number of pyridine rings is 2. The largest absolute Gasteiger partial charge is 0.383 e. The van der Waals surface area contributed by atoms with Crippen molar-refractivity contribution in [3.05, 3.63) is 115 Å². The highest BCUT2D eigenvalue weighted by molar-refractivity contribution is 6.02. The van der Waals surface area contributed by atoms with E-state index in [2.05, 4.69) is 89.8 Å². The second kappa shape index (κ2) is 9.90. The molecule has 0 radical (unpaired) electrons. The van der Waals surface area contributed by atoms with E-state index in [9.17, 15) is 0 Å². The van der Waals surface area contributed by atoms with E-state index in [-0.39, 0.29) is 0 Å². The Morgan fingerprint density at radius 2 is 1.78 bits per heavy atom. The van der Waals surface area contributed by atoms with Crippen LogP contribution in [-0.2, 0) is 12.8 Å². The first-order valence-corrected chi connectivity index (χ1v) is 13.0. The van der Waals surface area contributed by atoms with Crippen LogP contribution in [0.1, 0.15) is 30.2 Å². The predicted molar refractivity (Wildman–Crippen MR) is 156 cm³/mol. The smallest absolute Gasteiger partial charge is 0.138 e. The van der Waals surface area contributed by atoms with Crippen molar-refractivity contribution < 1.29 is 0 Å². The lowest BCUT2D eigenvalue weighted by Gasteiger charge is -2.21. The summed E-state index contributed by atoms with van der Waals surface area (Å²) in [5, 5.41) is 8.27. The fourth-order valence-corrected chi connectivity index (χ4v) is 5.15. The summed E-state index contributed by atoms with van der Waals surface area (Å²) in [6.45, 7) is 7.54. The van der Waals surface area contributed by atoms with Gasteiger partial charge in [0.2, 0.25) is 0 Å². The fourth-order valence-electron chi connectivity index (χ4n) is 5.15. The molecular weight excluding hydrogens is 452 g/mol. The van der Waals surface area contributed by atoms with Crippen LogP contribution in [0.4, 0.5) is 11.5 Å². The molecular formula is C33H30N4. The van der Waals surface area contributed by atoms with Crippen LogP contribution in [0.15, 0.2) is 97.7 Å². The molecule has 3 heterocycles. The van der Waals surface area contributed by atoms with Crippen LogP contribution in [0, 0.1) is 0 Å². The van der Waals surface area contributed by atoms with Crippen molar-refractivity contribution in [1.82, 2.24) is 9.97 Å². The van der Waals surface area contributed by atoms with Crippen LogP contribution in [0.25, 0.3) is 38.9 Å². The zero-order valence-electron chi connectivity index (χ0n) is 21.1. The van der Waals surface area contributed by atoms with E-state index in [1.54, 1.807) is 0 Å². The summed E-state index contributed by atoms with van der Waals surface area (Å²) < 4.78 is 0. The molecule has 2 aromatic heterocycles. The van der Waals surface area contributed by atoms with Gasteiger partial charge in [-0.05, 0) is 71.3 Å². The maximum atomic E-state index is 5.04. The molecule has 1 aliphatic heterocycles. The van der Waals surface area contributed by atoms with Crippen molar-refractivity contribution in [2.75, 3.05) is 17.2 Å². The van der Waals surface area contributed by atoms with Gasteiger partial charge in [0.1, 0.15) is 5.82 Å². The summed E-state index contributed by atoms with van der Waals surface area (Å²) in [6.07, 6.45) is 4.97. The molecule has 0 amide bonds. The van der Waals surface area contributed by atoms with Crippen molar-refractivity contribution in [2.24, 2.45) is 0 Å². The number of nitrogens with one attached hydrogen (secondary N) is 2. The minimum atomic E-state index is 0.796. The summed E-state index contributed by atoms with van der Waals surface area (Å²) in [4.78, 5) is 9.66. The van der Waals surface area contributed by atoms with Crippen LogP contribution < -0.4 is 10.6 Å². The molecule has 0 spiro atoms. The number of aryl methyl sites for hydroxylation is 2. The maximum absolute atomic E-state index is 5.04. The SMILES string of the molecule is C=C(Nc1ncccc1-c1ccccc1)c1cccc(-c2cc(CC)nc3c4c(ccc23)CCCN4)c1. The molecule has 37 heavy (non-hydrogen) atoms. The van der Waals surface area contributed by atoms with E-state index in [0.29, 0.717) is 0 Å². The molecule has 0 bridgehead atoms. The molecule has 5 aromatic rings. The summed E-state index contributed by atoms with van der Waals surface area (Å²) in [7, 11) is 0. The van der Waals surface area contributed by atoms with E-state index in [1.165, 1.54) is 22.2 Å². The first kappa shape index (κ1) is 23.0. The van der Waals surface area contributed by atoms with Crippen LogP contribution in [-0.4, -0.2) is 16.5 Å². The van der Waals surface area contributed by atoms with Gasteiger partial charge >= 0.3 is 0 Å². The molecule has 2 N–H and O–H groups in total. The van der Waals surface area contributed by atoms with Crippen molar-refractivity contribution in [3.8, 4) is 22.3 Å². The average molecular weight is 483 g/mol. The zero-order chi connectivity index (χ0) is 25.2. The van der Waals surface area contributed by atoms with Gasteiger partial charge < -0.3 is 10.6 Å². The predicted octanol–water partition coefficient (Wildman–Crippen LogP) is 7.97. The number of benzene rings is 3. The second-order valence-electron chi connectivity index (χ2n) is 9.49. The zero-order valence-corrected chi connectivity index (χ0v) is 21.1. The molecule has 0 saturated carbocycles. The maximum Gasteiger partial charge on any atom is 0.138 e. The van der Waals surface area contributed by atoms with Gasteiger partial charge in [0.15, 0.2) is 0 Å². The van der Waals surface area contributed by atoms with Gasteiger partial charge in [-0.1, -0.05) is 74.2 Å². The number of hydrogen-bond acceptors (Lipinski definition) is 4. The Morgan fingerprint density at radius 3 is 2.65 bits per heavy atom. The Balaban J connectivity index is 1.38. The number of hydrogen-bond donors (Lipinski definition) is 2. The molecule has 1 aliphatic rings. The van der Waals surface area contributed by atoms with Gasteiger partial charge in [-0.15, -0.1) is 0 Å². The normalized spacial score (nSPS) is 12.6. The van der Waals surface area contributed by atoms with Gasteiger partial charge in [0.05, 0.1) is 11.2 Å². The third kappa shape index (κ3) is 4.47. The number of nitrogens with zero attached hydrogens (tertiary/aromatic N) is 2. The lowest BCUT2D eigenvalue weighted by Crippen LogP contribution is -2.12. The third-order valence-corrected chi connectivity index (χ3v) is 7.09. The Kier molecular flexibility index (Phi) is 6.15. The minimum absolute atomic E-state index is 0.796. The topological polar surface area (TPSA) is 49.8 Å². The number of aromatic nitrogens is 2. The summed E-state index contributed by atoms with van der Waals surface area (Å²) in [5.41, 5.74) is 11.1. The summed E-state index contributed by atoms with van der Waals surface area (Å²) in [5.74, 6) is 0.796. The lowest BCUT2D eigenvalue weighted by molar-refractivity contribution is 0.832. The number of fused-ring (bicyclic) bond motifs is 3. The van der Waals surface area contributed by atoms with E-state index < -0.39 is 0 Å². The Hall–Kier alpha value is -4.44. The third-order valence-electron chi connectivity index (χ3n) is 7.09. The van der Waals surface area contributed by atoms with Gasteiger partial charge in [-0.2, -0.15) is 0 Å². The number of anilines is 2. The molecule has 0 saturated heterocycles. The van der Waals surface area contributed by atoms with Crippen LogP contribution in [0.5, 0.6) is 0 Å². The van der Waals surface area contributed by atoms with E-state index in [0.717, 1.165) is 70.8 Å². The quantitative estimate of drug-likeness (QED) is 0.258. The Morgan fingerprint density at radius 1 is 0.919 bits per heavy atom. The van der Waals surface area contributed by atoms with Gasteiger partial charge in [0.25, 0.3) is 0 Å². The Bertz CT molecular complexity index is 1600. The van der Waals surface area contributed by atoms with Crippen molar-refractivity contribution in [2.45, 2.75) is 26.2 Å². The number of rotatable bonds is 6. The monoisotopic (exact) mass is 482 g/mol. The van der Waals surface area contributed by atoms with Gasteiger partial charge in [-0.25, -0.2) is 4.98 Å². The Labute approximate surface area is 218 Å². The molecule has 3 aromatic carbocycles. The second-order valence-corrected chi connectivity index (χ2v) is 9.49.